The first-order valence-electron chi connectivity index (χ1n) is 6.22. The van der Waals surface area contributed by atoms with E-state index in [1.807, 2.05) is 0 Å². The van der Waals surface area contributed by atoms with Gasteiger partial charge in [0.2, 0.25) is 9.84 Å². The second kappa shape index (κ2) is 7.23. The largest absolute Gasteiger partial charge is 0.345 e. The number of carbonyl (C=O) groups excluding carboxylic acids is 1. The maximum Gasteiger partial charge on any atom is 0.253 e. The fraction of sp³-hybridized carbons (Fsp3) is 0.214. The molecule has 0 spiro atoms. The van der Waals surface area contributed by atoms with Crippen molar-refractivity contribution in [2.45, 2.75) is 15.6 Å². The topological polar surface area (TPSA) is 80.5 Å². The van der Waals surface area contributed by atoms with Gasteiger partial charge in [-0.15, -0.1) is 23.7 Å². The summed E-state index contributed by atoms with van der Waals surface area (Å²) in [5.74, 6) is -0.235. The summed E-state index contributed by atoms with van der Waals surface area (Å²) in [5.41, 5.74) is 5.85. The molecule has 0 atom stereocenters. The molecule has 0 aliphatic carbocycles. The van der Waals surface area contributed by atoms with E-state index >= 15 is 0 Å². The Kier molecular flexibility index (Phi) is 6.13. The summed E-state index contributed by atoms with van der Waals surface area (Å²) >= 11 is 1.15. The standard InChI is InChI=1S/C14H16N2O3S2.ClH/c1-16(2)14(17)10-4-3-5-12(8-10)21(18,19)13-7-6-11(9-15)20-13;/h3-8H,9,15H2,1-2H3;1H. The number of halogens is 1. The molecule has 0 saturated carbocycles. The summed E-state index contributed by atoms with van der Waals surface area (Å²) in [5, 5.41) is 0. The lowest BCUT2D eigenvalue weighted by Gasteiger charge is -2.11. The Balaban J connectivity index is 0.00000242. The van der Waals surface area contributed by atoms with E-state index in [0.29, 0.717) is 12.1 Å². The van der Waals surface area contributed by atoms with Crippen LogP contribution in [0.4, 0.5) is 0 Å². The smallest absolute Gasteiger partial charge is 0.253 e. The van der Waals surface area contributed by atoms with Gasteiger partial charge in [0.15, 0.2) is 0 Å². The van der Waals surface area contributed by atoms with Crippen molar-refractivity contribution < 1.29 is 13.2 Å². The third-order valence-electron chi connectivity index (χ3n) is 2.90. The van der Waals surface area contributed by atoms with E-state index < -0.39 is 9.84 Å². The number of carbonyl (C=O) groups is 1. The highest BCUT2D eigenvalue weighted by atomic mass is 35.5. The Hall–Kier alpha value is -1.41. The van der Waals surface area contributed by atoms with Crippen LogP contribution in [0.3, 0.4) is 0 Å². The van der Waals surface area contributed by atoms with E-state index in [0.717, 1.165) is 16.2 Å². The van der Waals surface area contributed by atoms with Crippen LogP contribution in [0, 0.1) is 0 Å². The summed E-state index contributed by atoms with van der Waals surface area (Å²) in [6.45, 7) is 0.305. The second-order valence-corrected chi connectivity index (χ2v) is 8.00. The molecule has 1 aromatic heterocycles. The Labute approximate surface area is 140 Å². The first kappa shape index (κ1) is 18.6. The fourth-order valence-corrected chi connectivity index (χ4v) is 4.46. The van der Waals surface area contributed by atoms with Gasteiger partial charge in [0.1, 0.15) is 4.21 Å². The van der Waals surface area contributed by atoms with Crippen molar-refractivity contribution in [1.29, 1.82) is 0 Å². The van der Waals surface area contributed by atoms with E-state index in [-0.39, 0.29) is 27.4 Å². The number of nitrogens with zero attached hydrogens (tertiary/aromatic N) is 1. The number of amides is 1. The summed E-state index contributed by atoms with van der Waals surface area (Å²) in [4.78, 5) is 14.2. The van der Waals surface area contributed by atoms with Gasteiger partial charge in [-0.25, -0.2) is 8.42 Å². The normalized spacial score (nSPS) is 10.9. The number of sulfone groups is 1. The van der Waals surface area contributed by atoms with Gasteiger partial charge in [-0.3, -0.25) is 4.79 Å². The van der Waals surface area contributed by atoms with Gasteiger partial charge in [0, 0.05) is 31.1 Å². The van der Waals surface area contributed by atoms with E-state index in [9.17, 15) is 13.2 Å². The number of hydrogen-bond donors (Lipinski definition) is 1. The molecule has 0 fully saturated rings. The third kappa shape index (κ3) is 3.67. The van der Waals surface area contributed by atoms with E-state index in [4.69, 9.17) is 5.73 Å². The molecule has 0 radical (unpaired) electrons. The van der Waals surface area contributed by atoms with Crippen LogP contribution in [-0.2, 0) is 16.4 Å². The predicted octanol–water partition coefficient (Wildman–Crippen LogP) is 2.16. The lowest BCUT2D eigenvalue weighted by Crippen LogP contribution is -2.21. The van der Waals surface area contributed by atoms with E-state index in [2.05, 4.69) is 0 Å². The summed E-state index contributed by atoms with van der Waals surface area (Å²) in [6, 6.07) is 9.31. The SMILES string of the molecule is CN(C)C(=O)c1cccc(S(=O)(=O)c2ccc(CN)s2)c1.Cl. The zero-order chi connectivity index (χ0) is 15.6. The Morgan fingerprint density at radius 3 is 2.45 bits per heavy atom. The van der Waals surface area contributed by atoms with Crippen LogP contribution in [0.15, 0.2) is 45.5 Å². The van der Waals surface area contributed by atoms with Crippen molar-refractivity contribution in [3.8, 4) is 0 Å². The predicted molar refractivity (Wildman–Crippen MR) is 89.4 cm³/mol. The molecule has 0 aliphatic heterocycles. The lowest BCUT2D eigenvalue weighted by molar-refractivity contribution is 0.0827. The van der Waals surface area contributed by atoms with Gasteiger partial charge in [-0.1, -0.05) is 6.07 Å². The molecular formula is C14H17ClN2O3S2. The maximum atomic E-state index is 12.6. The average molecular weight is 361 g/mol. The van der Waals surface area contributed by atoms with Crippen LogP contribution in [0.25, 0.3) is 0 Å². The molecule has 22 heavy (non-hydrogen) atoms. The third-order valence-corrected chi connectivity index (χ3v) is 6.25. The molecule has 0 saturated heterocycles. The monoisotopic (exact) mass is 360 g/mol. The molecule has 2 rings (SSSR count). The summed E-state index contributed by atoms with van der Waals surface area (Å²) in [7, 11) is -0.375. The van der Waals surface area contributed by atoms with Crippen molar-refractivity contribution in [2.75, 3.05) is 14.1 Å². The van der Waals surface area contributed by atoms with Gasteiger partial charge >= 0.3 is 0 Å². The quantitative estimate of drug-likeness (QED) is 0.906. The van der Waals surface area contributed by atoms with Gasteiger partial charge < -0.3 is 10.6 Å². The fourth-order valence-electron chi connectivity index (χ4n) is 1.78. The highest BCUT2D eigenvalue weighted by Crippen LogP contribution is 2.28. The van der Waals surface area contributed by atoms with Crippen LogP contribution in [-0.4, -0.2) is 33.3 Å². The van der Waals surface area contributed by atoms with Gasteiger partial charge in [-0.05, 0) is 30.3 Å². The summed E-state index contributed by atoms with van der Waals surface area (Å²) in [6.07, 6.45) is 0. The van der Waals surface area contributed by atoms with Crippen molar-refractivity contribution in [3.63, 3.8) is 0 Å². The molecule has 1 heterocycles. The van der Waals surface area contributed by atoms with Crippen molar-refractivity contribution in [1.82, 2.24) is 4.90 Å². The van der Waals surface area contributed by atoms with Crippen LogP contribution in [0.1, 0.15) is 15.2 Å². The molecule has 8 heteroatoms. The number of nitrogens with two attached hydrogens (primary N) is 1. The Bertz CT molecular complexity index is 770. The van der Waals surface area contributed by atoms with Crippen LogP contribution in [0.2, 0.25) is 0 Å². The van der Waals surface area contributed by atoms with Crippen molar-refractivity contribution >= 4 is 39.5 Å². The van der Waals surface area contributed by atoms with E-state index in [1.165, 1.54) is 17.0 Å². The minimum Gasteiger partial charge on any atom is -0.345 e. The number of rotatable bonds is 4. The molecule has 1 aromatic carbocycles. The number of benzene rings is 1. The first-order chi connectivity index (χ1) is 9.86. The van der Waals surface area contributed by atoms with Crippen molar-refractivity contribution in [2.24, 2.45) is 5.73 Å². The van der Waals surface area contributed by atoms with Crippen LogP contribution in [0.5, 0.6) is 0 Å². The molecular weight excluding hydrogens is 344 g/mol. The highest BCUT2D eigenvalue weighted by Gasteiger charge is 2.21. The van der Waals surface area contributed by atoms with Crippen LogP contribution >= 0.6 is 23.7 Å². The average Bonchev–Trinajstić information content (AvgIpc) is 2.96. The first-order valence-corrected chi connectivity index (χ1v) is 8.52. The minimum absolute atomic E-state index is 0. The molecule has 2 aromatic rings. The lowest BCUT2D eigenvalue weighted by atomic mass is 10.2. The van der Waals surface area contributed by atoms with Crippen molar-refractivity contribution in [3.05, 3.63) is 46.8 Å². The maximum absolute atomic E-state index is 12.6. The Morgan fingerprint density at radius 1 is 1.23 bits per heavy atom. The molecule has 5 nitrogen and oxygen atoms in total. The summed E-state index contributed by atoms with van der Waals surface area (Å²) < 4.78 is 25.3. The molecule has 2 N–H and O–H groups in total. The number of thiophene rings is 1. The molecule has 0 bridgehead atoms. The minimum atomic E-state index is -3.62. The highest BCUT2D eigenvalue weighted by molar-refractivity contribution is 7.93. The molecule has 1 amide bonds. The second-order valence-electron chi connectivity index (χ2n) is 4.66. The van der Waals surface area contributed by atoms with E-state index in [1.54, 1.807) is 38.4 Å². The van der Waals surface area contributed by atoms with Gasteiger partial charge in [-0.2, -0.15) is 0 Å². The zero-order valence-electron chi connectivity index (χ0n) is 12.1. The molecule has 0 aliphatic rings. The van der Waals surface area contributed by atoms with Gasteiger partial charge in [0.25, 0.3) is 5.91 Å². The van der Waals surface area contributed by atoms with Gasteiger partial charge in [0.05, 0.1) is 4.90 Å². The Morgan fingerprint density at radius 2 is 1.91 bits per heavy atom. The number of hydrogen-bond acceptors (Lipinski definition) is 5. The zero-order valence-corrected chi connectivity index (χ0v) is 14.6. The molecule has 0 unspecified atom stereocenters. The molecule has 120 valence electrons. The van der Waals surface area contributed by atoms with Crippen LogP contribution < -0.4 is 5.73 Å².